The van der Waals surface area contributed by atoms with Crippen LogP contribution in [0.4, 0.5) is 0 Å². The van der Waals surface area contributed by atoms with Crippen molar-refractivity contribution in [3.8, 4) is 0 Å². The topological polar surface area (TPSA) is 72.2 Å². The monoisotopic (exact) mass is 300 g/mol. The molecule has 2 heterocycles. The smallest absolute Gasteiger partial charge is 0.243 e. The molecule has 2 aromatic heterocycles. The quantitative estimate of drug-likeness (QED) is 0.919. The maximum Gasteiger partial charge on any atom is 0.243 e. The van der Waals surface area contributed by atoms with Crippen molar-refractivity contribution in [3.63, 3.8) is 0 Å². The van der Waals surface area contributed by atoms with E-state index in [-0.39, 0.29) is 16.0 Å². The largest absolute Gasteiger partial charge is 0.469 e. The van der Waals surface area contributed by atoms with Crippen LogP contribution >= 0.6 is 11.6 Å². The fourth-order valence-corrected chi connectivity index (χ4v) is 3.34. The van der Waals surface area contributed by atoms with Gasteiger partial charge in [-0.1, -0.05) is 11.6 Å². The number of nitrogens with one attached hydrogen (secondary N) is 1. The lowest BCUT2D eigenvalue weighted by Gasteiger charge is -2.13. The maximum atomic E-state index is 12.1. The van der Waals surface area contributed by atoms with Crippen molar-refractivity contribution in [1.29, 1.82) is 0 Å². The second-order valence-electron chi connectivity index (χ2n) is 4.11. The Hall–Kier alpha value is -1.37. The number of sulfonamides is 1. The highest BCUT2D eigenvalue weighted by atomic mass is 35.5. The maximum absolute atomic E-state index is 12.1. The summed E-state index contributed by atoms with van der Waals surface area (Å²) in [6.07, 6.45) is 4.68. The summed E-state index contributed by atoms with van der Waals surface area (Å²) >= 11 is 5.86. The first-order valence-corrected chi connectivity index (χ1v) is 7.49. The summed E-state index contributed by atoms with van der Waals surface area (Å²) in [6, 6.07) is 4.68. The SMILES string of the molecule is CC(Cc1ccco1)NS(=O)(=O)c1cnccc1Cl. The Morgan fingerprint density at radius 2 is 2.26 bits per heavy atom. The predicted octanol–water partition coefficient (Wildman–Crippen LogP) is 2.24. The van der Waals surface area contributed by atoms with E-state index >= 15 is 0 Å². The van der Waals surface area contributed by atoms with Gasteiger partial charge in [-0.2, -0.15) is 0 Å². The summed E-state index contributed by atoms with van der Waals surface area (Å²) in [5, 5.41) is 0.146. The first kappa shape index (κ1) is 14.0. The molecule has 0 aromatic carbocycles. The van der Waals surface area contributed by atoms with Crippen molar-refractivity contribution in [3.05, 3.63) is 47.6 Å². The summed E-state index contributed by atoms with van der Waals surface area (Å²) in [6.45, 7) is 1.75. The molecule has 5 nitrogen and oxygen atoms in total. The Labute approximate surface area is 116 Å². The van der Waals surface area contributed by atoms with E-state index in [1.807, 2.05) is 0 Å². The van der Waals surface area contributed by atoms with Gasteiger partial charge in [0.2, 0.25) is 10.0 Å². The zero-order valence-corrected chi connectivity index (χ0v) is 11.8. The van der Waals surface area contributed by atoms with Crippen molar-refractivity contribution in [2.75, 3.05) is 0 Å². The van der Waals surface area contributed by atoms with Gasteiger partial charge in [0.1, 0.15) is 10.7 Å². The molecule has 0 fully saturated rings. The fraction of sp³-hybridized carbons (Fsp3) is 0.250. The standard InChI is InChI=1S/C12H13ClN2O3S/c1-9(7-10-3-2-6-18-10)15-19(16,17)12-8-14-5-4-11(12)13/h2-6,8-9,15H,7H2,1H3. The molecule has 0 bridgehead atoms. The summed E-state index contributed by atoms with van der Waals surface area (Å²) in [4.78, 5) is 3.75. The van der Waals surface area contributed by atoms with Crippen LogP contribution in [0.15, 0.2) is 46.2 Å². The predicted molar refractivity (Wildman–Crippen MR) is 71.4 cm³/mol. The lowest BCUT2D eigenvalue weighted by atomic mass is 10.2. The van der Waals surface area contributed by atoms with Crippen LogP contribution in [0.1, 0.15) is 12.7 Å². The molecule has 2 rings (SSSR count). The van der Waals surface area contributed by atoms with E-state index in [4.69, 9.17) is 16.0 Å². The number of nitrogens with zero attached hydrogens (tertiary/aromatic N) is 1. The van der Waals surface area contributed by atoms with Gasteiger partial charge in [0.25, 0.3) is 0 Å². The Kier molecular flexibility index (Phi) is 4.24. The first-order chi connectivity index (χ1) is 8.99. The average molecular weight is 301 g/mol. The highest BCUT2D eigenvalue weighted by Crippen LogP contribution is 2.19. The molecule has 19 heavy (non-hydrogen) atoms. The van der Waals surface area contributed by atoms with Gasteiger partial charge in [-0.25, -0.2) is 13.1 Å². The van der Waals surface area contributed by atoms with Gasteiger partial charge in [-0.15, -0.1) is 0 Å². The fourth-order valence-electron chi connectivity index (χ4n) is 1.66. The molecule has 2 aromatic rings. The Morgan fingerprint density at radius 1 is 1.47 bits per heavy atom. The number of hydrogen-bond donors (Lipinski definition) is 1. The van der Waals surface area contributed by atoms with Crippen molar-refractivity contribution < 1.29 is 12.8 Å². The zero-order chi connectivity index (χ0) is 13.9. The van der Waals surface area contributed by atoms with Crippen LogP contribution in [0.3, 0.4) is 0 Å². The van der Waals surface area contributed by atoms with Crippen LogP contribution in [-0.2, 0) is 16.4 Å². The van der Waals surface area contributed by atoms with Gasteiger partial charge in [-0.05, 0) is 25.1 Å². The third-order valence-electron chi connectivity index (χ3n) is 2.47. The summed E-state index contributed by atoms with van der Waals surface area (Å²) < 4.78 is 32.0. The lowest BCUT2D eigenvalue weighted by Crippen LogP contribution is -2.34. The molecule has 0 radical (unpaired) electrons. The molecule has 0 aliphatic carbocycles. The Bertz CT molecular complexity index is 641. The second-order valence-corrected chi connectivity index (χ2v) is 6.20. The number of furan rings is 1. The minimum absolute atomic E-state index is 0.0250. The molecule has 0 spiro atoms. The van der Waals surface area contributed by atoms with E-state index in [2.05, 4.69) is 9.71 Å². The van der Waals surface area contributed by atoms with Gasteiger partial charge in [0.15, 0.2) is 0 Å². The van der Waals surface area contributed by atoms with Crippen LogP contribution < -0.4 is 4.72 Å². The Balaban J connectivity index is 2.11. The van der Waals surface area contributed by atoms with Crippen LogP contribution in [0.25, 0.3) is 0 Å². The van der Waals surface area contributed by atoms with E-state index in [1.165, 1.54) is 18.5 Å². The van der Waals surface area contributed by atoms with Crippen molar-refractivity contribution in [1.82, 2.24) is 9.71 Å². The number of halogens is 1. The van der Waals surface area contributed by atoms with Crippen LogP contribution in [0.2, 0.25) is 5.02 Å². The van der Waals surface area contributed by atoms with E-state index in [9.17, 15) is 8.42 Å². The minimum atomic E-state index is -3.68. The Morgan fingerprint density at radius 3 is 2.89 bits per heavy atom. The number of rotatable bonds is 5. The number of hydrogen-bond acceptors (Lipinski definition) is 4. The van der Waals surface area contributed by atoms with Crippen LogP contribution in [0, 0.1) is 0 Å². The van der Waals surface area contributed by atoms with Gasteiger partial charge >= 0.3 is 0 Å². The van der Waals surface area contributed by atoms with Crippen molar-refractivity contribution in [2.24, 2.45) is 0 Å². The van der Waals surface area contributed by atoms with Crippen LogP contribution in [0.5, 0.6) is 0 Å². The van der Waals surface area contributed by atoms with E-state index in [0.29, 0.717) is 12.2 Å². The van der Waals surface area contributed by atoms with Crippen molar-refractivity contribution >= 4 is 21.6 Å². The van der Waals surface area contributed by atoms with Crippen molar-refractivity contribution in [2.45, 2.75) is 24.3 Å². The summed E-state index contributed by atoms with van der Waals surface area (Å²) in [7, 11) is -3.68. The molecule has 0 aliphatic heterocycles. The summed E-state index contributed by atoms with van der Waals surface area (Å²) in [5.74, 6) is 0.715. The normalized spacial score (nSPS) is 13.4. The van der Waals surface area contributed by atoms with Gasteiger partial charge in [-0.3, -0.25) is 4.98 Å². The highest BCUT2D eigenvalue weighted by molar-refractivity contribution is 7.89. The van der Waals surface area contributed by atoms with Gasteiger partial charge in [0.05, 0.1) is 11.3 Å². The highest BCUT2D eigenvalue weighted by Gasteiger charge is 2.21. The van der Waals surface area contributed by atoms with Crippen LogP contribution in [-0.4, -0.2) is 19.4 Å². The third-order valence-corrected chi connectivity index (χ3v) is 4.53. The zero-order valence-electron chi connectivity index (χ0n) is 10.2. The molecule has 1 unspecified atom stereocenters. The van der Waals surface area contributed by atoms with E-state index in [0.717, 1.165) is 0 Å². The number of aromatic nitrogens is 1. The molecule has 7 heteroatoms. The molecular weight excluding hydrogens is 288 g/mol. The first-order valence-electron chi connectivity index (χ1n) is 5.63. The molecule has 102 valence electrons. The molecule has 0 saturated heterocycles. The molecule has 0 amide bonds. The van der Waals surface area contributed by atoms with Gasteiger partial charge in [0, 0.05) is 24.9 Å². The third kappa shape index (κ3) is 3.56. The number of pyridine rings is 1. The van der Waals surface area contributed by atoms with Gasteiger partial charge < -0.3 is 4.42 Å². The van der Waals surface area contributed by atoms with E-state index in [1.54, 1.807) is 25.3 Å². The van der Waals surface area contributed by atoms with E-state index < -0.39 is 10.0 Å². The molecule has 0 saturated carbocycles. The molecule has 0 aliphatic rings. The molecule has 1 N–H and O–H groups in total. The average Bonchev–Trinajstić information content (AvgIpc) is 2.81. The lowest BCUT2D eigenvalue weighted by molar-refractivity contribution is 0.479. The molecule has 1 atom stereocenters. The molecular formula is C12H13ClN2O3S. The minimum Gasteiger partial charge on any atom is -0.469 e. The summed E-state index contributed by atoms with van der Waals surface area (Å²) in [5.41, 5.74) is 0. The second kappa shape index (κ2) is 5.73.